The van der Waals surface area contributed by atoms with Gasteiger partial charge >= 0.3 is 0 Å². The van der Waals surface area contributed by atoms with Crippen LogP contribution in [-0.2, 0) is 0 Å². The fourth-order valence-corrected chi connectivity index (χ4v) is 16.5. The van der Waals surface area contributed by atoms with Gasteiger partial charge in [0.05, 0.1) is 44.2 Å². The highest BCUT2D eigenvalue weighted by molar-refractivity contribution is 7.00. The number of rotatable bonds is 11. The molecule has 0 bridgehead atoms. The third kappa shape index (κ3) is 9.28. The SMILES string of the molecule is C[Si](C)(C)c1ccc2c(c1)c1cc([Si](C)(C)C)ccc1n2-c1cc2c3c(c1)N(c1c(-c4ccccc4)cncc1-c1ccccc1)c1ccc(-c4ccccc4)cc1B3c1cc(-c3ccccc3)ccc1N2c1c(-c2ccccc2)cncc1-c1ccccc1. The molecule has 0 saturated heterocycles. The molecule has 2 aliphatic heterocycles. The molecule has 0 radical (unpaired) electrons. The minimum absolute atomic E-state index is 0.241. The quantitative estimate of drug-likeness (QED) is 0.121. The van der Waals surface area contributed by atoms with Crippen LogP contribution in [0.4, 0.5) is 34.1 Å². The Balaban J connectivity index is 1.12. The Morgan fingerprint density at radius 2 is 0.622 bits per heavy atom. The van der Waals surface area contributed by atoms with Gasteiger partial charge in [-0.3, -0.25) is 9.97 Å². The second-order valence-corrected chi connectivity index (χ2v) is 36.4. The monoisotopic (exact) mass is 1190 g/mol. The third-order valence-corrected chi connectivity index (χ3v) is 22.7. The lowest BCUT2D eigenvalue weighted by atomic mass is 9.33. The van der Waals surface area contributed by atoms with Crippen LogP contribution in [0.1, 0.15) is 0 Å². The van der Waals surface area contributed by atoms with Gasteiger partial charge < -0.3 is 14.4 Å². The van der Waals surface area contributed by atoms with Gasteiger partial charge in [0.25, 0.3) is 6.71 Å². The first-order chi connectivity index (χ1) is 43.9. The molecule has 11 aromatic carbocycles. The van der Waals surface area contributed by atoms with E-state index >= 15 is 0 Å². The van der Waals surface area contributed by atoms with Crippen molar-refractivity contribution in [3.63, 3.8) is 0 Å². The lowest BCUT2D eigenvalue weighted by Crippen LogP contribution is -2.61. The summed E-state index contributed by atoms with van der Waals surface area (Å²) < 4.78 is 2.59. The van der Waals surface area contributed by atoms with E-state index in [0.29, 0.717) is 0 Å². The molecule has 0 unspecified atom stereocenters. The molecule has 14 aromatic rings. The van der Waals surface area contributed by atoms with Crippen molar-refractivity contribution in [1.82, 2.24) is 14.5 Å². The standard InChI is InChI=1S/C82H66BN5Si2/c1-89(2,3)64-39-43-74-66(49-64)67-50-65(90(4,5)6)40-44-75(67)86(74)63-47-78-80-79(48-63)88(82-70(59-33-21-11-22-34-59)53-85-54-71(82)60-35-23-12-24-36-60)77-42-38-62(56-27-15-8-16-28-56)46-73(77)83(80)72-45-61(55-25-13-7-14-26-55)37-41-76(72)87(78)81-68(57-29-17-9-18-30-57)51-84-52-69(81)58-31-19-10-20-32-58/h7-54H,1-6H3. The Kier molecular flexibility index (Phi) is 13.3. The Morgan fingerprint density at radius 3 is 0.944 bits per heavy atom. The molecule has 16 rings (SSSR count). The van der Waals surface area contributed by atoms with Crippen LogP contribution in [0.5, 0.6) is 0 Å². The normalized spacial score (nSPS) is 12.7. The van der Waals surface area contributed by atoms with Crippen molar-refractivity contribution in [3.8, 4) is 72.4 Å². The van der Waals surface area contributed by atoms with Crippen molar-refractivity contribution in [2.75, 3.05) is 9.80 Å². The van der Waals surface area contributed by atoms with Crippen LogP contribution in [0.25, 0.3) is 94.3 Å². The average Bonchev–Trinajstić information content (AvgIpc) is 0.809. The first-order valence-corrected chi connectivity index (χ1v) is 38.4. The molecule has 0 amide bonds. The minimum Gasteiger partial charge on any atom is -0.310 e. The number of nitrogens with zero attached hydrogens (tertiary/aromatic N) is 5. The van der Waals surface area contributed by atoms with Crippen LogP contribution in [-0.4, -0.2) is 37.4 Å². The zero-order valence-corrected chi connectivity index (χ0v) is 53.5. The van der Waals surface area contributed by atoms with Crippen LogP contribution in [0, 0.1) is 0 Å². The van der Waals surface area contributed by atoms with Crippen molar-refractivity contribution >= 4 is 106 Å². The molecule has 5 heterocycles. The van der Waals surface area contributed by atoms with E-state index in [1.807, 2.05) is 0 Å². The van der Waals surface area contributed by atoms with Crippen molar-refractivity contribution < 1.29 is 0 Å². The summed E-state index contributed by atoms with van der Waals surface area (Å²) in [5, 5.41) is 5.48. The number of hydrogen-bond acceptors (Lipinski definition) is 4. The highest BCUT2D eigenvalue weighted by Crippen LogP contribution is 2.53. The number of fused-ring (bicyclic) bond motifs is 7. The Hall–Kier alpha value is -10.4. The van der Waals surface area contributed by atoms with Gasteiger partial charge in [0, 0.05) is 80.6 Å². The van der Waals surface area contributed by atoms with E-state index in [1.165, 1.54) is 59.7 Å². The van der Waals surface area contributed by atoms with Gasteiger partial charge in [0.15, 0.2) is 0 Å². The maximum absolute atomic E-state index is 5.15. The topological polar surface area (TPSA) is 37.2 Å². The van der Waals surface area contributed by atoms with Gasteiger partial charge in [-0.25, -0.2) is 0 Å². The molecule has 0 saturated carbocycles. The molecular weight excluding hydrogens is 1120 g/mol. The zero-order valence-electron chi connectivity index (χ0n) is 51.5. The second-order valence-electron chi connectivity index (χ2n) is 26.2. The number of pyridine rings is 2. The molecule has 5 nitrogen and oxygen atoms in total. The third-order valence-electron chi connectivity index (χ3n) is 18.6. The fraction of sp³-hybridized carbons (Fsp3) is 0.0732. The highest BCUT2D eigenvalue weighted by atomic mass is 28.3. The molecular formula is C82H66BN5Si2. The molecule has 0 fully saturated rings. The van der Waals surface area contributed by atoms with Crippen LogP contribution < -0.4 is 36.6 Å². The molecule has 2 aliphatic rings. The van der Waals surface area contributed by atoms with Gasteiger partial charge in [-0.1, -0.05) is 280 Å². The van der Waals surface area contributed by atoms with E-state index in [4.69, 9.17) is 9.97 Å². The van der Waals surface area contributed by atoms with E-state index in [2.05, 4.69) is 345 Å². The minimum atomic E-state index is -1.76. The number of anilines is 6. The lowest BCUT2D eigenvalue weighted by Gasteiger charge is -2.46. The lowest BCUT2D eigenvalue weighted by molar-refractivity contribution is 1.16. The van der Waals surface area contributed by atoms with Gasteiger partial charge in [0.2, 0.25) is 0 Å². The van der Waals surface area contributed by atoms with Crippen molar-refractivity contribution in [1.29, 1.82) is 0 Å². The molecule has 8 heteroatoms. The van der Waals surface area contributed by atoms with E-state index in [1.54, 1.807) is 0 Å². The number of aromatic nitrogens is 3. The van der Waals surface area contributed by atoms with Crippen LogP contribution >= 0.6 is 0 Å². The summed E-state index contributed by atoms with van der Waals surface area (Å²) in [4.78, 5) is 15.6. The van der Waals surface area contributed by atoms with Crippen molar-refractivity contribution in [2.45, 2.75) is 39.3 Å². The maximum Gasteiger partial charge on any atom is 0.252 e. The fourth-order valence-electron chi connectivity index (χ4n) is 14.2. The average molecular weight is 1190 g/mol. The second kappa shape index (κ2) is 21.7. The van der Waals surface area contributed by atoms with Gasteiger partial charge in [-0.2, -0.15) is 0 Å². The summed E-state index contributed by atoms with van der Waals surface area (Å²) in [5.41, 5.74) is 26.8. The summed E-state index contributed by atoms with van der Waals surface area (Å²) in [6, 6.07) is 99.6. The molecule has 0 aliphatic carbocycles. The van der Waals surface area contributed by atoms with Crippen LogP contribution in [0.3, 0.4) is 0 Å². The molecule has 0 atom stereocenters. The number of hydrogen-bond donors (Lipinski definition) is 0. The van der Waals surface area contributed by atoms with Gasteiger partial charge in [-0.05, 0) is 97.3 Å². The summed E-state index contributed by atoms with van der Waals surface area (Å²) in [7, 11) is -3.53. The molecule has 430 valence electrons. The van der Waals surface area contributed by atoms with Crippen LogP contribution in [0.15, 0.2) is 292 Å². The first kappa shape index (κ1) is 55.0. The van der Waals surface area contributed by atoms with E-state index in [0.717, 1.165) is 95.4 Å². The van der Waals surface area contributed by atoms with Crippen molar-refractivity contribution in [2.24, 2.45) is 0 Å². The molecule has 0 spiro atoms. The zero-order chi connectivity index (χ0) is 60.8. The maximum atomic E-state index is 5.15. The highest BCUT2D eigenvalue weighted by Gasteiger charge is 2.46. The summed E-state index contributed by atoms with van der Waals surface area (Å²) in [5.74, 6) is 0. The molecule has 0 N–H and O–H groups in total. The molecule has 90 heavy (non-hydrogen) atoms. The number of benzene rings is 11. The van der Waals surface area contributed by atoms with Crippen LogP contribution in [0.2, 0.25) is 39.3 Å². The summed E-state index contributed by atoms with van der Waals surface area (Å²) in [6.45, 7) is 14.6. The Bertz CT molecular complexity index is 4650. The largest absolute Gasteiger partial charge is 0.310 e. The van der Waals surface area contributed by atoms with Gasteiger partial charge in [0.1, 0.15) is 0 Å². The summed E-state index contributed by atoms with van der Waals surface area (Å²) >= 11 is 0. The van der Waals surface area contributed by atoms with E-state index < -0.39 is 16.1 Å². The van der Waals surface area contributed by atoms with E-state index in [-0.39, 0.29) is 6.71 Å². The molecule has 3 aromatic heterocycles. The Morgan fingerprint density at radius 1 is 0.300 bits per heavy atom. The summed E-state index contributed by atoms with van der Waals surface area (Å²) in [6.07, 6.45) is 8.33. The smallest absolute Gasteiger partial charge is 0.252 e. The predicted molar refractivity (Wildman–Crippen MR) is 389 cm³/mol. The Labute approximate surface area is 530 Å². The predicted octanol–water partition coefficient (Wildman–Crippen LogP) is 18.7. The van der Waals surface area contributed by atoms with Gasteiger partial charge in [-0.15, -0.1) is 0 Å². The first-order valence-electron chi connectivity index (χ1n) is 31.4. The van der Waals surface area contributed by atoms with Crippen molar-refractivity contribution in [3.05, 3.63) is 292 Å². The van der Waals surface area contributed by atoms with E-state index in [9.17, 15) is 0 Å².